The Balaban J connectivity index is 1.57. The SMILES string of the molecule is O=C(NC1CC1)C(Sc1nnnn1Cc1cccs1)c1ccc(F)cc1. The van der Waals surface area contributed by atoms with Gasteiger partial charge in [0.25, 0.3) is 0 Å². The Bertz CT molecular complexity index is 877. The molecule has 1 unspecified atom stereocenters. The van der Waals surface area contributed by atoms with Gasteiger partial charge in [-0.25, -0.2) is 9.07 Å². The number of aromatic nitrogens is 4. The van der Waals surface area contributed by atoms with Crippen molar-refractivity contribution in [2.75, 3.05) is 0 Å². The minimum Gasteiger partial charge on any atom is -0.352 e. The third kappa shape index (κ3) is 4.10. The first-order valence-corrected chi connectivity index (χ1v) is 9.96. The van der Waals surface area contributed by atoms with Crippen molar-refractivity contribution in [2.24, 2.45) is 0 Å². The number of nitrogens with one attached hydrogen (secondary N) is 1. The van der Waals surface area contributed by atoms with Crippen LogP contribution in [0.25, 0.3) is 0 Å². The number of thiophene rings is 1. The number of halogens is 1. The molecule has 0 spiro atoms. The van der Waals surface area contributed by atoms with Crippen molar-refractivity contribution in [3.63, 3.8) is 0 Å². The highest BCUT2D eigenvalue weighted by atomic mass is 32.2. The molecular formula is C17H16FN5OS2. The molecule has 2 heterocycles. The van der Waals surface area contributed by atoms with Gasteiger partial charge >= 0.3 is 0 Å². The molecule has 1 aliphatic rings. The van der Waals surface area contributed by atoms with Crippen molar-refractivity contribution in [3.8, 4) is 0 Å². The molecule has 1 aromatic carbocycles. The van der Waals surface area contributed by atoms with Gasteiger partial charge in [-0.05, 0) is 52.4 Å². The maximum absolute atomic E-state index is 13.3. The maximum atomic E-state index is 13.3. The molecule has 0 bridgehead atoms. The number of nitrogens with zero attached hydrogens (tertiary/aromatic N) is 4. The summed E-state index contributed by atoms with van der Waals surface area (Å²) in [5.74, 6) is -0.433. The number of hydrogen-bond acceptors (Lipinski definition) is 6. The van der Waals surface area contributed by atoms with E-state index in [1.165, 1.54) is 23.9 Å². The van der Waals surface area contributed by atoms with Gasteiger partial charge in [-0.1, -0.05) is 30.0 Å². The molecule has 1 atom stereocenters. The van der Waals surface area contributed by atoms with Crippen LogP contribution in [0.2, 0.25) is 0 Å². The minimum atomic E-state index is -0.538. The smallest absolute Gasteiger partial charge is 0.238 e. The van der Waals surface area contributed by atoms with Crippen LogP contribution < -0.4 is 5.32 Å². The molecule has 1 N–H and O–H groups in total. The lowest BCUT2D eigenvalue weighted by molar-refractivity contribution is -0.120. The summed E-state index contributed by atoms with van der Waals surface area (Å²) in [4.78, 5) is 13.9. The number of hydrogen-bond donors (Lipinski definition) is 1. The molecule has 1 amide bonds. The summed E-state index contributed by atoms with van der Waals surface area (Å²) in [7, 11) is 0. The van der Waals surface area contributed by atoms with E-state index in [4.69, 9.17) is 0 Å². The number of carbonyl (C=O) groups excluding carboxylic acids is 1. The van der Waals surface area contributed by atoms with Gasteiger partial charge < -0.3 is 5.32 Å². The molecule has 3 aromatic rings. The minimum absolute atomic E-state index is 0.102. The Morgan fingerprint density at radius 1 is 1.35 bits per heavy atom. The van der Waals surface area contributed by atoms with Gasteiger partial charge in [-0.3, -0.25) is 4.79 Å². The Morgan fingerprint density at radius 3 is 2.85 bits per heavy atom. The van der Waals surface area contributed by atoms with E-state index in [0.717, 1.165) is 23.3 Å². The summed E-state index contributed by atoms with van der Waals surface area (Å²) in [5.41, 5.74) is 0.722. The average Bonchev–Trinajstić information content (AvgIpc) is 3.11. The Labute approximate surface area is 157 Å². The summed E-state index contributed by atoms with van der Waals surface area (Å²) >= 11 is 2.90. The molecular weight excluding hydrogens is 373 g/mol. The molecule has 4 rings (SSSR count). The molecule has 134 valence electrons. The van der Waals surface area contributed by atoms with Crippen molar-refractivity contribution in [1.82, 2.24) is 25.5 Å². The van der Waals surface area contributed by atoms with Gasteiger partial charge in [-0.15, -0.1) is 16.4 Å². The van der Waals surface area contributed by atoms with Crippen molar-refractivity contribution in [2.45, 2.75) is 35.8 Å². The van der Waals surface area contributed by atoms with Crippen LogP contribution in [0.1, 0.15) is 28.5 Å². The largest absolute Gasteiger partial charge is 0.352 e. The van der Waals surface area contributed by atoms with E-state index >= 15 is 0 Å². The van der Waals surface area contributed by atoms with E-state index in [1.54, 1.807) is 28.2 Å². The summed E-state index contributed by atoms with van der Waals surface area (Å²) in [6, 6.07) is 10.2. The predicted octanol–water partition coefficient (Wildman–Crippen LogP) is 3.03. The van der Waals surface area contributed by atoms with Crippen molar-refractivity contribution in [3.05, 3.63) is 58.0 Å². The Morgan fingerprint density at radius 2 is 2.15 bits per heavy atom. The quantitative estimate of drug-likeness (QED) is 0.629. The maximum Gasteiger partial charge on any atom is 0.238 e. The molecule has 0 saturated heterocycles. The molecule has 1 aliphatic carbocycles. The van der Waals surface area contributed by atoms with E-state index in [2.05, 4.69) is 20.8 Å². The van der Waals surface area contributed by atoms with Gasteiger partial charge in [-0.2, -0.15) is 0 Å². The molecule has 0 radical (unpaired) electrons. The highest BCUT2D eigenvalue weighted by molar-refractivity contribution is 8.00. The number of carbonyl (C=O) groups is 1. The Hall–Kier alpha value is -2.26. The number of tetrazole rings is 1. The first-order valence-electron chi connectivity index (χ1n) is 8.20. The summed E-state index contributed by atoms with van der Waals surface area (Å²) in [6.07, 6.45) is 2.01. The second kappa shape index (κ2) is 7.55. The molecule has 0 aliphatic heterocycles. The van der Waals surface area contributed by atoms with Crippen LogP contribution in [0.4, 0.5) is 4.39 Å². The second-order valence-electron chi connectivity index (χ2n) is 6.03. The van der Waals surface area contributed by atoms with Gasteiger partial charge in [0.15, 0.2) is 0 Å². The van der Waals surface area contributed by atoms with Gasteiger partial charge in [0.05, 0.1) is 6.54 Å². The average molecular weight is 389 g/mol. The van der Waals surface area contributed by atoms with E-state index in [0.29, 0.717) is 11.7 Å². The zero-order valence-corrected chi connectivity index (χ0v) is 15.3. The summed E-state index contributed by atoms with van der Waals surface area (Å²) in [5, 5.41) is 16.9. The van der Waals surface area contributed by atoms with Gasteiger partial charge in [0.2, 0.25) is 11.1 Å². The number of thioether (sulfide) groups is 1. The fourth-order valence-electron chi connectivity index (χ4n) is 2.45. The van der Waals surface area contributed by atoms with Crippen LogP contribution in [-0.4, -0.2) is 32.2 Å². The van der Waals surface area contributed by atoms with Gasteiger partial charge in [0, 0.05) is 10.9 Å². The fraction of sp³-hybridized carbons (Fsp3) is 0.294. The van der Waals surface area contributed by atoms with E-state index in [-0.39, 0.29) is 17.8 Å². The molecule has 1 fully saturated rings. The first-order chi connectivity index (χ1) is 12.7. The van der Waals surface area contributed by atoms with Crippen LogP contribution in [0.5, 0.6) is 0 Å². The van der Waals surface area contributed by atoms with Gasteiger partial charge in [0.1, 0.15) is 11.1 Å². The van der Waals surface area contributed by atoms with Crippen LogP contribution in [-0.2, 0) is 11.3 Å². The van der Waals surface area contributed by atoms with Crippen molar-refractivity contribution < 1.29 is 9.18 Å². The zero-order valence-electron chi connectivity index (χ0n) is 13.7. The third-order valence-corrected chi connectivity index (χ3v) is 6.03. The number of benzene rings is 1. The lowest BCUT2D eigenvalue weighted by atomic mass is 10.1. The molecule has 6 nitrogen and oxygen atoms in total. The summed E-state index contributed by atoms with van der Waals surface area (Å²) < 4.78 is 15.0. The predicted molar refractivity (Wildman–Crippen MR) is 97.4 cm³/mol. The summed E-state index contributed by atoms with van der Waals surface area (Å²) in [6.45, 7) is 0.549. The van der Waals surface area contributed by atoms with Crippen molar-refractivity contribution in [1.29, 1.82) is 0 Å². The topological polar surface area (TPSA) is 72.7 Å². The van der Waals surface area contributed by atoms with E-state index in [9.17, 15) is 9.18 Å². The number of amides is 1. The lowest BCUT2D eigenvalue weighted by Gasteiger charge is -2.16. The van der Waals surface area contributed by atoms with Crippen molar-refractivity contribution >= 4 is 29.0 Å². The second-order valence-corrected chi connectivity index (χ2v) is 8.14. The van der Waals surface area contributed by atoms with Crippen LogP contribution in [0.15, 0.2) is 46.9 Å². The lowest BCUT2D eigenvalue weighted by Crippen LogP contribution is -2.30. The molecule has 1 saturated carbocycles. The standard InChI is InChI=1S/C17H16FN5OS2/c18-12-5-3-11(4-6-12)15(16(24)19-13-7-8-13)26-17-20-21-22-23(17)10-14-2-1-9-25-14/h1-6,9,13,15H,7-8,10H2,(H,19,24). The monoisotopic (exact) mass is 389 g/mol. The first kappa shape index (κ1) is 17.2. The highest BCUT2D eigenvalue weighted by Gasteiger charge is 2.30. The Kier molecular flexibility index (Phi) is 4.98. The van der Waals surface area contributed by atoms with Crippen LogP contribution >= 0.6 is 23.1 Å². The van der Waals surface area contributed by atoms with E-state index < -0.39 is 5.25 Å². The van der Waals surface area contributed by atoms with Crippen LogP contribution in [0.3, 0.4) is 0 Å². The highest BCUT2D eigenvalue weighted by Crippen LogP contribution is 2.35. The molecule has 2 aromatic heterocycles. The van der Waals surface area contributed by atoms with E-state index in [1.807, 2.05) is 17.5 Å². The third-order valence-electron chi connectivity index (χ3n) is 3.94. The number of rotatable bonds is 7. The molecule has 9 heteroatoms. The van der Waals surface area contributed by atoms with Crippen LogP contribution in [0, 0.1) is 5.82 Å². The zero-order chi connectivity index (χ0) is 17.9. The normalized spacial score (nSPS) is 15.0. The molecule has 26 heavy (non-hydrogen) atoms. The fourth-order valence-corrected chi connectivity index (χ4v) is 4.12.